The average Bonchev–Trinajstić information content (AvgIpc) is 3.51. The van der Waals surface area contributed by atoms with Gasteiger partial charge in [-0.2, -0.15) is 0 Å². The number of rotatable bonds is 9. The molecule has 0 bridgehead atoms. The van der Waals surface area contributed by atoms with Gasteiger partial charge in [-0.05, 0) is 86.9 Å². The van der Waals surface area contributed by atoms with Crippen LogP contribution in [0.2, 0.25) is 0 Å². The van der Waals surface area contributed by atoms with Crippen LogP contribution in [0.4, 0.5) is 13.6 Å². The first-order chi connectivity index (χ1) is 22.5. The molecule has 8 nitrogen and oxygen atoms in total. The first kappa shape index (κ1) is 36.3. The Kier molecular flexibility index (Phi) is 13.6. The maximum absolute atomic E-state index is 14.9. The number of nitrogens with two attached hydrogens (primary N) is 1. The Hall–Kier alpha value is -3.51. The van der Waals surface area contributed by atoms with Gasteiger partial charge in [0.25, 0.3) is 0 Å². The highest BCUT2D eigenvalue weighted by atomic mass is 32.2. The molecule has 11 heteroatoms. The van der Waals surface area contributed by atoms with E-state index in [-0.39, 0.29) is 37.2 Å². The first-order valence-corrected chi connectivity index (χ1v) is 16.8. The molecule has 2 fully saturated rings. The molecule has 5 rings (SSSR count). The lowest BCUT2D eigenvalue weighted by Gasteiger charge is -2.31. The van der Waals surface area contributed by atoms with Crippen LogP contribution in [0.15, 0.2) is 71.6 Å². The lowest BCUT2D eigenvalue weighted by Crippen LogP contribution is -2.44. The van der Waals surface area contributed by atoms with Crippen molar-refractivity contribution in [2.75, 3.05) is 26.2 Å². The van der Waals surface area contributed by atoms with E-state index in [4.69, 9.17) is 19.8 Å². The van der Waals surface area contributed by atoms with E-state index in [1.54, 1.807) is 11.0 Å². The maximum atomic E-state index is 14.9. The molecular weight excluding hydrogens is 624 g/mol. The van der Waals surface area contributed by atoms with Crippen molar-refractivity contribution >= 4 is 24.0 Å². The molecule has 2 heterocycles. The first-order valence-electron chi connectivity index (χ1n) is 16.0. The Labute approximate surface area is 280 Å². The van der Waals surface area contributed by atoms with Crippen molar-refractivity contribution < 1.29 is 32.4 Å². The maximum Gasteiger partial charge on any atom is 0.410 e. The molecule has 0 aromatic heterocycles. The molecule has 0 spiro atoms. The smallest absolute Gasteiger partial charge is 0.410 e. The van der Waals surface area contributed by atoms with Crippen LogP contribution in [-0.2, 0) is 27.3 Å². The summed E-state index contributed by atoms with van der Waals surface area (Å²) in [7, 11) is 0. The molecule has 2 aliphatic heterocycles. The molecule has 3 N–H and O–H groups in total. The number of hydrogen-bond acceptors (Lipinski definition) is 7. The van der Waals surface area contributed by atoms with E-state index in [9.17, 15) is 18.4 Å². The lowest BCUT2D eigenvalue weighted by atomic mass is 9.99. The number of ether oxygens (including phenoxy) is 2. The second kappa shape index (κ2) is 17.6. The minimum Gasteiger partial charge on any atom is -0.447 e. The normalized spacial score (nSPS) is 17.3. The van der Waals surface area contributed by atoms with Gasteiger partial charge in [-0.3, -0.25) is 4.79 Å². The molecule has 2 unspecified atom stereocenters. The summed E-state index contributed by atoms with van der Waals surface area (Å²) in [5.41, 5.74) is 10.2. The van der Waals surface area contributed by atoms with Gasteiger partial charge in [0.2, 0.25) is 5.91 Å². The fourth-order valence-electron chi connectivity index (χ4n) is 5.46. The Bertz CT molecular complexity index is 1450. The van der Waals surface area contributed by atoms with Gasteiger partial charge < -0.3 is 29.6 Å². The summed E-state index contributed by atoms with van der Waals surface area (Å²) in [5.74, 6) is -0.766. The zero-order valence-corrected chi connectivity index (χ0v) is 28.1. The van der Waals surface area contributed by atoms with E-state index in [2.05, 4.69) is 0 Å². The van der Waals surface area contributed by atoms with Crippen LogP contribution in [0.3, 0.4) is 0 Å². The number of piperidine rings is 1. The number of likely N-dealkylation sites (tertiary alicyclic amines) is 2. The summed E-state index contributed by atoms with van der Waals surface area (Å²) in [6.07, 6.45) is 0.584. The molecule has 3 aromatic rings. The topological polar surface area (TPSA) is 105 Å². The van der Waals surface area contributed by atoms with Gasteiger partial charge >= 0.3 is 6.09 Å². The van der Waals surface area contributed by atoms with Gasteiger partial charge in [-0.15, -0.1) is 0 Å². The second-order valence-electron chi connectivity index (χ2n) is 12.3. The fraction of sp³-hybridized carbons (Fsp3) is 0.444. The average molecular weight is 670 g/mol. The molecule has 2 atom stereocenters. The molecule has 254 valence electrons. The Balaban J connectivity index is 0.000000479. The molecule has 2 saturated heterocycles. The van der Waals surface area contributed by atoms with Crippen LogP contribution in [0.25, 0.3) is 11.1 Å². The van der Waals surface area contributed by atoms with Crippen LogP contribution in [0.5, 0.6) is 0 Å². The van der Waals surface area contributed by atoms with E-state index in [0.29, 0.717) is 38.2 Å². The van der Waals surface area contributed by atoms with Crippen molar-refractivity contribution in [1.82, 2.24) is 9.80 Å². The van der Waals surface area contributed by atoms with Gasteiger partial charge in [0.15, 0.2) is 0 Å². The molecule has 0 saturated carbocycles. The lowest BCUT2D eigenvalue weighted by molar-refractivity contribution is -0.131. The molecular formula is C36H45F2N3O5S. The number of carbonyl (C=O) groups excluding carboxylic acids is 2. The molecule has 2 amide bonds. The SMILES string of the molecule is CC(C)OC(=O)N1CCC(OCc2ccc(-c3ccc(CC(N)C(=O)N4CCC(F)C4)c(F)c3)cc2)CC1.Cc1ccc(SO)cc1. The number of halogens is 2. The molecule has 2 aliphatic rings. The highest BCUT2D eigenvalue weighted by molar-refractivity contribution is 7.93. The highest BCUT2D eigenvalue weighted by Gasteiger charge is 2.29. The van der Waals surface area contributed by atoms with Crippen LogP contribution in [0.1, 0.15) is 49.8 Å². The van der Waals surface area contributed by atoms with E-state index in [1.165, 1.54) is 16.5 Å². The van der Waals surface area contributed by atoms with Crippen molar-refractivity contribution in [3.8, 4) is 11.1 Å². The largest absolute Gasteiger partial charge is 0.447 e. The minimum absolute atomic E-state index is 0.0587. The van der Waals surface area contributed by atoms with Crippen molar-refractivity contribution in [3.63, 3.8) is 0 Å². The third-order valence-electron chi connectivity index (χ3n) is 8.19. The number of nitrogens with zero attached hydrogens (tertiary/aromatic N) is 2. The fourth-order valence-corrected chi connectivity index (χ4v) is 5.71. The summed E-state index contributed by atoms with van der Waals surface area (Å²) in [6.45, 7) is 7.80. The summed E-state index contributed by atoms with van der Waals surface area (Å²) in [5, 5.41) is 0. The summed E-state index contributed by atoms with van der Waals surface area (Å²) in [4.78, 5) is 28.5. The van der Waals surface area contributed by atoms with E-state index in [0.717, 1.165) is 46.5 Å². The quantitative estimate of drug-likeness (QED) is 0.236. The number of benzene rings is 3. The van der Waals surface area contributed by atoms with Crippen LogP contribution in [-0.4, -0.2) is 77.0 Å². The Morgan fingerprint density at radius 2 is 1.60 bits per heavy atom. The van der Waals surface area contributed by atoms with Gasteiger partial charge in [-0.25, -0.2) is 13.6 Å². The predicted molar refractivity (Wildman–Crippen MR) is 180 cm³/mol. The zero-order chi connectivity index (χ0) is 33.9. The van der Waals surface area contributed by atoms with Gasteiger partial charge in [0.1, 0.15) is 12.0 Å². The molecule has 0 aliphatic carbocycles. The number of aryl methyl sites for hydroxylation is 1. The number of carbonyl (C=O) groups is 2. The van der Waals surface area contributed by atoms with Gasteiger partial charge in [0.05, 0.1) is 31.4 Å². The second-order valence-corrected chi connectivity index (χ2v) is 13.0. The summed E-state index contributed by atoms with van der Waals surface area (Å²) < 4.78 is 48.1. The third-order valence-corrected chi connectivity index (χ3v) is 8.67. The van der Waals surface area contributed by atoms with Gasteiger partial charge in [-0.1, -0.05) is 54.1 Å². The zero-order valence-electron chi connectivity index (χ0n) is 27.2. The van der Waals surface area contributed by atoms with Crippen molar-refractivity contribution in [2.45, 2.75) is 82.4 Å². The Morgan fingerprint density at radius 3 is 2.17 bits per heavy atom. The minimum atomic E-state index is -1.01. The van der Waals surface area contributed by atoms with Crippen LogP contribution < -0.4 is 5.73 Å². The van der Waals surface area contributed by atoms with E-state index >= 15 is 0 Å². The molecule has 3 aromatic carbocycles. The third kappa shape index (κ3) is 11.0. The van der Waals surface area contributed by atoms with Crippen molar-refractivity contribution in [1.29, 1.82) is 0 Å². The highest BCUT2D eigenvalue weighted by Crippen LogP contribution is 2.25. The van der Waals surface area contributed by atoms with Crippen molar-refractivity contribution in [2.24, 2.45) is 5.73 Å². The molecule has 47 heavy (non-hydrogen) atoms. The number of alkyl halides is 1. The Morgan fingerprint density at radius 1 is 0.957 bits per heavy atom. The standard InChI is InChI=1S/C29H37F2N3O4.C7H8OS/c1-19(2)38-29(36)33-13-10-25(11-14-33)37-18-20-3-5-21(6-4-20)22-7-8-23(26(31)15-22)16-27(32)28(35)34-12-9-24(30)17-34;1-6-2-4-7(9-8)5-3-6/h3-8,15,19,24-25,27H,9-14,16-18,32H2,1-2H3;2-5,8H,1H3. The predicted octanol–water partition coefficient (Wildman–Crippen LogP) is 7.02. The summed E-state index contributed by atoms with van der Waals surface area (Å²) >= 11 is 0.777. The molecule has 0 radical (unpaired) electrons. The van der Waals surface area contributed by atoms with Crippen molar-refractivity contribution in [3.05, 3.63) is 89.2 Å². The number of hydrogen-bond donors (Lipinski definition) is 2. The number of amides is 2. The van der Waals surface area contributed by atoms with Crippen LogP contribution >= 0.6 is 12.0 Å². The summed E-state index contributed by atoms with van der Waals surface area (Å²) in [6, 6.07) is 19.5. The monoisotopic (exact) mass is 669 g/mol. The van der Waals surface area contributed by atoms with Gasteiger partial charge in [0, 0.05) is 36.6 Å². The van der Waals surface area contributed by atoms with Crippen LogP contribution in [0, 0.1) is 12.7 Å². The van der Waals surface area contributed by atoms with E-state index < -0.39 is 18.0 Å². The van der Waals surface area contributed by atoms with E-state index in [1.807, 2.05) is 75.4 Å².